The fourth-order valence-corrected chi connectivity index (χ4v) is 1.80. The van der Waals surface area contributed by atoms with Crippen LogP contribution in [0.15, 0.2) is 6.20 Å². The monoisotopic (exact) mass is 225 g/mol. The van der Waals surface area contributed by atoms with Crippen LogP contribution in [0.1, 0.15) is 11.3 Å². The van der Waals surface area contributed by atoms with E-state index in [1.807, 2.05) is 14.0 Å². The normalized spacial score (nSPS) is 10.0. The first-order chi connectivity index (χ1) is 7.06. The van der Waals surface area contributed by atoms with Gasteiger partial charge in [0.1, 0.15) is 0 Å². The molecule has 1 aromatic heterocycles. The van der Waals surface area contributed by atoms with E-state index in [0.29, 0.717) is 11.4 Å². The minimum absolute atomic E-state index is 0.0888. The predicted octanol–water partition coefficient (Wildman–Crippen LogP) is 1.14. The maximum atomic E-state index is 7.16. The average molecular weight is 225 g/mol. The van der Waals surface area contributed by atoms with Gasteiger partial charge >= 0.3 is 0 Å². The second-order valence-corrected chi connectivity index (χ2v) is 4.07. The van der Waals surface area contributed by atoms with Crippen molar-refractivity contribution < 1.29 is 0 Å². The zero-order valence-corrected chi connectivity index (χ0v) is 9.61. The molecule has 0 bridgehead atoms. The number of thioether (sulfide) groups is 1. The molecule has 15 heavy (non-hydrogen) atoms. The number of nitrogens with zero attached hydrogens (tertiary/aromatic N) is 1. The molecule has 0 fully saturated rings. The number of anilines is 2. The summed E-state index contributed by atoms with van der Waals surface area (Å²) < 4.78 is 0. The Morgan fingerprint density at radius 1 is 1.67 bits per heavy atom. The molecular weight excluding hydrogens is 210 g/mol. The minimum atomic E-state index is 0.0888. The standard InChI is InChI=1S/C9H15N5S/c1-5-8(10)6(4-15-9(11)12)7(13-2)3-14-5/h3,13H,4,10H2,1-2H3,(H3,11,12). The second kappa shape index (κ2) is 4.88. The first-order valence-corrected chi connectivity index (χ1v) is 5.43. The molecule has 0 saturated carbocycles. The molecule has 0 amide bonds. The molecule has 0 saturated heterocycles. The summed E-state index contributed by atoms with van der Waals surface area (Å²) in [6.45, 7) is 1.86. The van der Waals surface area contributed by atoms with Crippen LogP contribution >= 0.6 is 11.8 Å². The Bertz CT molecular complexity index is 377. The van der Waals surface area contributed by atoms with Crippen molar-refractivity contribution in [2.45, 2.75) is 12.7 Å². The molecule has 0 radical (unpaired) electrons. The van der Waals surface area contributed by atoms with Gasteiger partial charge in [0.2, 0.25) is 0 Å². The van der Waals surface area contributed by atoms with E-state index in [4.69, 9.17) is 16.9 Å². The predicted molar refractivity (Wildman–Crippen MR) is 66.1 cm³/mol. The van der Waals surface area contributed by atoms with E-state index < -0.39 is 0 Å². The first kappa shape index (κ1) is 11.6. The highest BCUT2D eigenvalue weighted by Crippen LogP contribution is 2.27. The molecular formula is C9H15N5S. The van der Waals surface area contributed by atoms with Crippen LogP contribution in [-0.2, 0) is 5.75 Å². The van der Waals surface area contributed by atoms with Crippen molar-refractivity contribution in [3.63, 3.8) is 0 Å². The van der Waals surface area contributed by atoms with Crippen molar-refractivity contribution in [3.8, 4) is 0 Å². The van der Waals surface area contributed by atoms with Gasteiger partial charge in [-0.25, -0.2) is 0 Å². The van der Waals surface area contributed by atoms with Gasteiger partial charge in [0.25, 0.3) is 0 Å². The number of aryl methyl sites for hydroxylation is 1. The third kappa shape index (κ3) is 2.76. The number of aromatic nitrogens is 1. The van der Waals surface area contributed by atoms with E-state index in [1.165, 1.54) is 11.8 Å². The topological polar surface area (TPSA) is 101 Å². The van der Waals surface area contributed by atoms with E-state index in [0.717, 1.165) is 16.9 Å². The maximum Gasteiger partial charge on any atom is 0.151 e. The molecule has 0 aliphatic rings. The van der Waals surface area contributed by atoms with Crippen LogP contribution in [-0.4, -0.2) is 17.2 Å². The molecule has 82 valence electrons. The van der Waals surface area contributed by atoms with Crippen molar-refractivity contribution in [1.29, 1.82) is 5.41 Å². The van der Waals surface area contributed by atoms with E-state index >= 15 is 0 Å². The van der Waals surface area contributed by atoms with E-state index in [2.05, 4.69) is 10.3 Å². The Morgan fingerprint density at radius 3 is 2.87 bits per heavy atom. The third-order valence-corrected chi connectivity index (χ3v) is 2.81. The minimum Gasteiger partial charge on any atom is -0.397 e. The fraction of sp³-hybridized carbons (Fsp3) is 0.333. The molecule has 1 heterocycles. The van der Waals surface area contributed by atoms with Crippen molar-refractivity contribution in [1.82, 2.24) is 4.98 Å². The summed E-state index contributed by atoms with van der Waals surface area (Å²) in [5, 5.41) is 10.3. The van der Waals surface area contributed by atoms with Gasteiger partial charge in [0, 0.05) is 18.4 Å². The van der Waals surface area contributed by atoms with Crippen LogP contribution in [0.4, 0.5) is 11.4 Å². The van der Waals surface area contributed by atoms with E-state index in [9.17, 15) is 0 Å². The molecule has 0 atom stereocenters. The lowest BCUT2D eigenvalue weighted by atomic mass is 10.2. The summed E-state index contributed by atoms with van der Waals surface area (Å²) in [5.41, 5.74) is 14.5. The number of nitrogens with two attached hydrogens (primary N) is 2. The Labute approximate surface area is 93.1 Å². The van der Waals surface area contributed by atoms with Gasteiger partial charge < -0.3 is 16.8 Å². The molecule has 1 aromatic rings. The molecule has 0 aromatic carbocycles. The van der Waals surface area contributed by atoms with Crippen molar-refractivity contribution >= 4 is 28.3 Å². The van der Waals surface area contributed by atoms with Crippen molar-refractivity contribution in [3.05, 3.63) is 17.5 Å². The number of rotatable bonds is 3. The fourth-order valence-electron chi connectivity index (χ4n) is 1.19. The Morgan fingerprint density at radius 2 is 2.33 bits per heavy atom. The lowest BCUT2D eigenvalue weighted by Gasteiger charge is -2.12. The van der Waals surface area contributed by atoms with Crippen LogP contribution in [0.3, 0.4) is 0 Å². The van der Waals surface area contributed by atoms with Gasteiger partial charge in [0.05, 0.1) is 23.3 Å². The van der Waals surface area contributed by atoms with E-state index in [1.54, 1.807) is 6.20 Å². The Kier molecular flexibility index (Phi) is 3.79. The van der Waals surface area contributed by atoms with E-state index in [-0.39, 0.29) is 5.17 Å². The van der Waals surface area contributed by atoms with Gasteiger partial charge in [0.15, 0.2) is 5.17 Å². The number of hydrogen-bond acceptors (Lipinski definition) is 5. The molecule has 1 rings (SSSR count). The maximum absolute atomic E-state index is 7.16. The van der Waals surface area contributed by atoms with Crippen LogP contribution in [0, 0.1) is 12.3 Å². The number of nitrogen functional groups attached to an aromatic ring is 1. The molecule has 0 aliphatic carbocycles. The van der Waals surface area contributed by atoms with Gasteiger partial charge in [-0.05, 0) is 6.92 Å². The highest BCUT2D eigenvalue weighted by Gasteiger charge is 2.09. The third-order valence-electron chi connectivity index (χ3n) is 2.07. The van der Waals surface area contributed by atoms with Gasteiger partial charge in [-0.3, -0.25) is 10.4 Å². The zero-order valence-electron chi connectivity index (χ0n) is 8.79. The van der Waals surface area contributed by atoms with Crippen molar-refractivity contribution in [2.24, 2.45) is 5.73 Å². The summed E-state index contributed by atoms with van der Waals surface area (Å²) in [6, 6.07) is 0. The summed E-state index contributed by atoms with van der Waals surface area (Å²) in [7, 11) is 1.81. The Hall–Kier alpha value is -1.43. The van der Waals surface area contributed by atoms with Gasteiger partial charge in [-0.1, -0.05) is 11.8 Å². The average Bonchev–Trinajstić information content (AvgIpc) is 2.20. The van der Waals surface area contributed by atoms with Gasteiger partial charge in [-0.15, -0.1) is 0 Å². The van der Waals surface area contributed by atoms with Crippen LogP contribution in [0.5, 0.6) is 0 Å². The molecule has 0 unspecified atom stereocenters. The number of hydrogen-bond donors (Lipinski definition) is 4. The number of amidine groups is 1. The summed E-state index contributed by atoms with van der Waals surface area (Å²) in [4.78, 5) is 4.16. The summed E-state index contributed by atoms with van der Waals surface area (Å²) in [5.74, 6) is 0.584. The highest BCUT2D eigenvalue weighted by molar-refractivity contribution is 8.13. The molecule has 6 N–H and O–H groups in total. The lowest BCUT2D eigenvalue weighted by Crippen LogP contribution is -2.07. The SMILES string of the molecule is CNc1cnc(C)c(N)c1CSC(=N)N. The van der Waals surface area contributed by atoms with Crippen LogP contribution in [0.25, 0.3) is 0 Å². The smallest absolute Gasteiger partial charge is 0.151 e. The Balaban J connectivity index is 3.01. The quantitative estimate of drug-likeness (QED) is 0.456. The largest absolute Gasteiger partial charge is 0.397 e. The highest BCUT2D eigenvalue weighted by atomic mass is 32.2. The lowest BCUT2D eigenvalue weighted by molar-refractivity contribution is 1.17. The number of nitrogens with one attached hydrogen (secondary N) is 2. The zero-order chi connectivity index (χ0) is 11.4. The summed E-state index contributed by atoms with van der Waals surface area (Å²) in [6.07, 6.45) is 1.74. The van der Waals surface area contributed by atoms with Crippen molar-refractivity contribution in [2.75, 3.05) is 18.1 Å². The first-order valence-electron chi connectivity index (χ1n) is 4.44. The number of pyridine rings is 1. The van der Waals surface area contributed by atoms with Gasteiger partial charge in [-0.2, -0.15) is 0 Å². The molecule has 6 heteroatoms. The molecule has 5 nitrogen and oxygen atoms in total. The van der Waals surface area contributed by atoms with Crippen LogP contribution < -0.4 is 16.8 Å². The summed E-state index contributed by atoms with van der Waals surface area (Å²) >= 11 is 1.25. The molecule has 0 aliphatic heterocycles. The second-order valence-electron chi connectivity index (χ2n) is 3.05. The molecule has 0 spiro atoms. The van der Waals surface area contributed by atoms with Crippen LogP contribution in [0.2, 0.25) is 0 Å².